The Morgan fingerprint density at radius 3 is 2.57 bits per heavy atom. The number of benzene rings is 1. The molecule has 1 fully saturated rings. The van der Waals surface area contributed by atoms with E-state index >= 15 is 0 Å². The van der Waals surface area contributed by atoms with E-state index < -0.39 is 5.82 Å². The monoisotopic (exact) mass is 356 g/mol. The van der Waals surface area contributed by atoms with Crippen LogP contribution in [0.2, 0.25) is 0 Å². The van der Waals surface area contributed by atoms with Gasteiger partial charge in [0.25, 0.3) is 5.91 Å². The van der Waals surface area contributed by atoms with Crippen LogP contribution in [0.4, 0.5) is 4.39 Å². The molecule has 5 heteroatoms. The first kappa shape index (κ1) is 16.4. The predicted molar refractivity (Wildman–Crippen MR) is 85.7 cm³/mol. The van der Waals surface area contributed by atoms with Crippen molar-refractivity contribution in [2.75, 3.05) is 6.54 Å². The summed E-state index contributed by atoms with van der Waals surface area (Å²) in [5, 5.41) is 0. The van der Waals surface area contributed by atoms with Crippen LogP contribution in [0.3, 0.4) is 0 Å². The molecule has 2 N–H and O–H groups in total. The lowest BCUT2D eigenvalue weighted by molar-refractivity contribution is 0.0626. The standard InChI is InChI=1S/C16H22BrFN2O/c1-2-7-20(15-5-3-14(19)4-6-15)16(21)11-8-12(17)10-13(18)9-11/h8-10,14-15H,2-7,19H2,1H3. The van der Waals surface area contributed by atoms with Crippen molar-refractivity contribution in [2.45, 2.75) is 51.1 Å². The van der Waals surface area contributed by atoms with Gasteiger partial charge in [0, 0.05) is 28.7 Å². The Morgan fingerprint density at radius 1 is 1.33 bits per heavy atom. The first-order chi connectivity index (χ1) is 10.0. The Balaban J connectivity index is 2.18. The van der Waals surface area contributed by atoms with Gasteiger partial charge in [0.05, 0.1) is 0 Å². The van der Waals surface area contributed by atoms with Gasteiger partial charge in [-0.25, -0.2) is 4.39 Å². The summed E-state index contributed by atoms with van der Waals surface area (Å²) in [5.41, 5.74) is 6.35. The molecule has 1 aromatic rings. The molecule has 116 valence electrons. The summed E-state index contributed by atoms with van der Waals surface area (Å²) in [7, 11) is 0. The Labute approximate surface area is 133 Å². The van der Waals surface area contributed by atoms with Gasteiger partial charge in [-0.3, -0.25) is 4.79 Å². The third-order valence-corrected chi connectivity index (χ3v) is 4.47. The number of carbonyl (C=O) groups is 1. The molecule has 1 aliphatic carbocycles. The van der Waals surface area contributed by atoms with Crippen molar-refractivity contribution in [3.8, 4) is 0 Å². The van der Waals surface area contributed by atoms with Gasteiger partial charge < -0.3 is 10.6 Å². The predicted octanol–water partition coefficient (Wildman–Crippen LogP) is 3.71. The Morgan fingerprint density at radius 2 is 2.00 bits per heavy atom. The molecule has 1 aliphatic rings. The maximum atomic E-state index is 13.5. The molecule has 0 atom stereocenters. The topological polar surface area (TPSA) is 46.3 Å². The minimum atomic E-state index is -0.394. The molecule has 1 aromatic carbocycles. The normalized spacial score (nSPS) is 22.1. The van der Waals surface area contributed by atoms with Gasteiger partial charge >= 0.3 is 0 Å². The summed E-state index contributed by atoms with van der Waals surface area (Å²) in [6.07, 6.45) is 4.66. The number of rotatable bonds is 4. The minimum Gasteiger partial charge on any atom is -0.336 e. The summed E-state index contributed by atoms with van der Waals surface area (Å²) in [6.45, 7) is 2.75. The van der Waals surface area contributed by atoms with Gasteiger partial charge in [-0.1, -0.05) is 22.9 Å². The van der Waals surface area contributed by atoms with E-state index in [0.717, 1.165) is 32.1 Å². The molecule has 21 heavy (non-hydrogen) atoms. The largest absolute Gasteiger partial charge is 0.336 e. The molecule has 0 spiro atoms. The van der Waals surface area contributed by atoms with Crippen molar-refractivity contribution in [3.63, 3.8) is 0 Å². The van der Waals surface area contributed by atoms with E-state index in [1.807, 2.05) is 4.90 Å². The molecule has 0 bridgehead atoms. The smallest absolute Gasteiger partial charge is 0.254 e. The highest BCUT2D eigenvalue weighted by atomic mass is 79.9. The number of halogens is 2. The molecule has 0 aromatic heterocycles. The maximum absolute atomic E-state index is 13.5. The van der Waals surface area contributed by atoms with Crippen LogP contribution in [0.25, 0.3) is 0 Å². The third-order valence-electron chi connectivity index (χ3n) is 4.02. The van der Waals surface area contributed by atoms with Crippen molar-refractivity contribution in [1.29, 1.82) is 0 Å². The molecule has 0 saturated heterocycles. The number of amides is 1. The molecule has 3 nitrogen and oxygen atoms in total. The van der Waals surface area contributed by atoms with Crippen molar-refractivity contribution in [1.82, 2.24) is 4.90 Å². The number of nitrogens with zero attached hydrogens (tertiary/aromatic N) is 1. The lowest BCUT2D eigenvalue weighted by Gasteiger charge is -2.36. The third kappa shape index (κ3) is 4.27. The van der Waals surface area contributed by atoms with Gasteiger partial charge in [-0.05, 0) is 50.3 Å². The zero-order valence-corrected chi connectivity index (χ0v) is 13.9. The minimum absolute atomic E-state index is 0.0856. The molecule has 1 saturated carbocycles. The fourth-order valence-electron chi connectivity index (χ4n) is 2.95. The Kier molecular flexibility index (Phi) is 5.76. The van der Waals surface area contributed by atoms with Crippen LogP contribution in [0.1, 0.15) is 49.4 Å². The highest BCUT2D eigenvalue weighted by molar-refractivity contribution is 9.10. The van der Waals surface area contributed by atoms with Gasteiger partial charge in [0.1, 0.15) is 5.82 Å². The Hall–Kier alpha value is -0.940. The number of carbonyl (C=O) groups excluding carboxylic acids is 1. The summed E-state index contributed by atoms with van der Waals surface area (Å²) < 4.78 is 14.1. The molecular formula is C16H22BrFN2O. The van der Waals surface area contributed by atoms with Crippen molar-refractivity contribution >= 4 is 21.8 Å². The SMILES string of the molecule is CCCN(C(=O)c1cc(F)cc(Br)c1)C1CCC(N)CC1. The maximum Gasteiger partial charge on any atom is 0.254 e. The van der Waals surface area contributed by atoms with E-state index in [1.54, 1.807) is 6.07 Å². The second kappa shape index (κ2) is 7.36. The van der Waals surface area contributed by atoms with Crippen molar-refractivity contribution in [2.24, 2.45) is 5.73 Å². The van der Waals surface area contributed by atoms with E-state index in [9.17, 15) is 9.18 Å². The average Bonchev–Trinajstić information content (AvgIpc) is 2.44. The van der Waals surface area contributed by atoms with Crippen molar-refractivity contribution in [3.05, 3.63) is 34.1 Å². The zero-order chi connectivity index (χ0) is 15.4. The fourth-order valence-corrected chi connectivity index (χ4v) is 3.41. The lowest BCUT2D eigenvalue weighted by atomic mass is 9.90. The van der Waals surface area contributed by atoms with Crippen LogP contribution in [-0.2, 0) is 0 Å². The van der Waals surface area contributed by atoms with Crippen LogP contribution in [0, 0.1) is 5.82 Å². The first-order valence-electron chi connectivity index (χ1n) is 7.54. The van der Waals surface area contributed by atoms with Crippen LogP contribution in [-0.4, -0.2) is 29.4 Å². The lowest BCUT2D eigenvalue weighted by Crippen LogP contribution is -2.44. The second-order valence-electron chi connectivity index (χ2n) is 5.73. The van der Waals surface area contributed by atoms with Crippen LogP contribution >= 0.6 is 15.9 Å². The number of hydrogen-bond acceptors (Lipinski definition) is 2. The highest BCUT2D eigenvalue weighted by Gasteiger charge is 2.28. The molecule has 1 amide bonds. The van der Waals surface area contributed by atoms with E-state index in [-0.39, 0.29) is 18.0 Å². The average molecular weight is 357 g/mol. The van der Waals surface area contributed by atoms with Crippen LogP contribution in [0.5, 0.6) is 0 Å². The quantitative estimate of drug-likeness (QED) is 0.893. The molecule has 0 unspecified atom stereocenters. The molecule has 0 heterocycles. The fraction of sp³-hybridized carbons (Fsp3) is 0.562. The van der Waals surface area contributed by atoms with Gasteiger partial charge in [-0.2, -0.15) is 0 Å². The van der Waals surface area contributed by atoms with Gasteiger partial charge in [-0.15, -0.1) is 0 Å². The highest BCUT2D eigenvalue weighted by Crippen LogP contribution is 2.25. The molecular weight excluding hydrogens is 335 g/mol. The van der Waals surface area contributed by atoms with Gasteiger partial charge in [0.2, 0.25) is 0 Å². The van der Waals surface area contributed by atoms with Crippen LogP contribution in [0.15, 0.2) is 22.7 Å². The van der Waals surface area contributed by atoms with E-state index in [4.69, 9.17) is 5.73 Å². The molecule has 0 radical (unpaired) electrons. The summed E-state index contributed by atoms with van der Waals surface area (Å²) in [4.78, 5) is 14.6. The molecule has 2 rings (SSSR count). The summed E-state index contributed by atoms with van der Waals surface area (Å²) in [6, 6.07) is 4.83. The van der Waals surface area contributed by atoms with E-state index in [1.165, 1.54) is 12.1 Å². The first-order valence-corrected chi connectivity index (χ1v) is 8.33. The Bertz CT molecular complexity index is 481. The number of nitrogens with two attached hydrogens (primary N) is 1. The van der Waals surface area contributed by atoms with Gasteiger partial charge in [0.15, 0.2) is 0 Å². The van der Waals surface area contributed by atoms with Crippen LogP contribution < -0.4 is 5.73 Å². The molecule has 0 aliphatic heterocycles. The number of hydrogen-bond donors (Lipinski definition) is 1. The summed E-state index contributed by atoms with van der Waals surface area (Å²) in [5.74, 6) is -0.479. The van der Waals surface area contributed by atoms with Crippen molar-refractivity contribution < 1.29 is 9.18 Å². The second-order valence-corrected chi connectivity index (χ2v) is 6.64. The van der Waals surface area contributed by atoms with E-state index in [0.29, 0.717) is 16.6 Å². The summed E-state index contributed by atoms with van der Waals surface area (Å²) >= 11 is 3.25. The zero-order valence-electron chi connectivity index (χ0n) is 12.3. The van der Waals surface area contributed by atoms with E-state index in [2.05, 4.69) is 22.9 Å².